The maximum absolute atomic E-state index is 11.1. The van der Waals surface area contributed by atoms with Crippen molar-refractivity contribution in [3.05, 3.63) is 0 Å². The number of amidine groups is 1. The average Bonchev–Trinajstić information content (AvgIpc) is 2.05. The molecule has 0 aliphatic carbocycles. The molecule has 0 fully saturated rings. The van der Waals surface area contributed by atoms with E-state index in [4.69, 9.17) is 4.74 Å². The highest BCUT2D eigenvalue weighted by atomic mass is 16.5. The van der Waals surface area contributed by atoms with Crippen LogP contribution in [0, 0.1) is 0 Å². The molecular weight excluding hydrogens is 168 g/mol. The van der Waals surface area contributed by atoms with Crippen molar-refractivity contribution in [2.45, 2.75) is 27.2 Å². The number of aliphatic imine (C=N–C) groups is 1. The van der Waals surface area contributed by atoms with Crippen LogP contribution in [0.1, 0.15) is 27.2 Å². The fourth-order valence-corrected chi connectivity index (χ4v) is 0.918. The van der Waals surface area contributed by atoms with E-state index in [-0.39, 0.29) is 12.4 Å². The molecule has 0 heterocycles. The van der Waals surface area contributed by atoms with Gasteiger partial charge in [-0.3, -0.25) is 9.79 Å². The van der Waals surface area contributed by atoms with E-state index in [0.29, 0.717) is 19.0 Å². The van der Waals surface area contributed by atoms with Crippen LogP contribution in [0.2, 0.25) is 0 Å². The van der Waals surface area contributed by atoms with Crippen LogP contribution in [0.3, 0.4) is 0 Å². The molecule has 1 N–H and O–H groups in total. The van der Waals surface area contributed by atoms with Gasteiger partial charge in [0.25, 0.3) is 0 Å². The van der Waals surface area contributed by atoms with Crippen molar-refractivity contribution >= 4 is 11.8 Å². The van der Waals surface area contributed by atoms with Crippen molar-refractivity contribution in [1.29, 1.82) is 0 Å². The maximum Gasteiger partial charge on any atom is 0.313 e. The number of ether oxygens (including phenoxy) is 1. The van der Waals surface area contributed by atoms with Gasteiger partial charge in [0.05, 0.1) is 6.61 Å². The number of carbonyl (C=O) groups excluding carboxylic acids is 1. The number of rotatable bonds is 5. The van der Waals surface area contributed by atoms with Gasteiger partial charge < -0.3 is 10.1 Å². The van der Waals surface area contributed by atoms with Gasteiger partial charge in [-0.2, -0.15) is 0 Å². The van der Waals surface area contributed by atoms with Crippen LogP contribution in [0.25, 0.3) is 0 Å². The minimum Gasteiger partial charge on any atom is -0.466 e. The highest BCUT2D eigenvalue weighted by Gasteiger charge is 2.06. The average molecular weight is 186 g/mol. The van der Waals surface area contributed by atoms with Crippen LogP contribution in [-0.4, -0.2) is 31.5 Å². The fraction of sp³-hybridized carbons (Fsp3) is 0.778. The lowest BCUT2D eigenvalue weighted by Crippen LogP contribution is -2.26. The van der Waals surface area contributed by atoms with Gasteiger partial charge in [-0.05, 0) is 20.8 Å². The van der Waals surface area contributed by atoms with Gasteiger partial charge in [0, 0.05) is 13.1 Å². The Morgan fingerprint density at radius 1 is 1.38 bits per heavy atom. The third-order valence-electron chi connectivity index (χ3n) is 1.35. The summed E-state index contributed by atoms with van der Waals surface area (Å²) in [4.78, 5) is 15.2. The Morgan fingerprint density at radius 3 is 2.54 bits per heavy atom. The van der Waals surface area contributed by atoms with Crippen molar-refractivity contribution in [1.82, 2.24) is 5.32 Å². The maximum atomic E-state index is 11.1. The Hall–Kier alpha value is -1.06. The molecule has 0 aliphatic rings. The highest BCUT2D eigenvalue weighted by Crippen LogP contribution is 1.89. The molecule has 13 heavy (non-hydrogen) atoms. The van der Waals surface area contributed by atoms with Crippen LogP contribution in [-0.2, 0) is 9.53 Å². The molecule has 0 aliphatic heterocycles. The summed E-state index contributed by atoms with van der Waals surface area (Å²) in [7, 11) is 0. The standard InChI is InChI=1S/C9H18N2O2/c1-4-10-8(11-5-2)7-9(12)13-6-3/h4-7H2,1-3H3,(H,10,11). The molecule has 76 valence electrons. The van der Waals surface area contributed by atoms with Gasteiger partial charge >= 0.3 is 5.97 Å². The monoisotopic (exact) mass is 186 g/mol. The summed E-state index contributed by atoms with van der Waals surface area (Å²) in [6.07, 6.45) is 0.246. The van der Waals surface area contributed by atoms with Gasteiger partial charge in [-0.15, -0.1) is 0 Å². The quantitative estimate of drug-likeness (QED) is 0.395. The second-order valence-electron chi connectivity index (χ2n) is 2.43. The summed E-state index contributed by atoms with van der Waals surface area (Å²) in [6.45, 7) is 7.57. The zero-order valence-electron chi connectivity index (χ0n) is 8.59. The lowest BCUT2D eigenvalue weighted by Gasteiger charge is -2.06. The smallest absolute Gasteiger partial charge is 0.313 e. The van der Waals surface area contributed by atoms with E-state index in [0.717, 1.165) is 6.54 Å². The SMILES string of the molecule is CCN=C(CC(=O)OCC)NCC. The van der Waals surface area contributed by atoms with Crippen molar-refractivity contribution in [2.75, 3.05) is 19.7 Å². The molecule has 0 radical (unpaired) electrons. The van der Waals surface area contributed by atoms with Gasteiger partial charge in [-0.1, -0.05) is 0 Å². The molecule has 0 amide bonds. The lowest BCUT2D eigenvalue weighted by atomic mass is 10.4. The molecule has 4 nitrogen and oxygen atoms in total. The van der Waals surface area contributed by atoms with Crippen molar-refractivity contribution in [2.24, 2.45) is 4.99 Å². The first-order valence-corrected chi connectivity index (χ1v) is 4.67. The molecule has 0 spiro atoms. The summed E-state index contributed by atoms with van der Waals surface area (Å²) in [6, 6.07) is 0. The van der Waals surface area contributed by atoms with Crippen LogP contribution in [0.4, 0.5) is 0 Å². The predicted molar refractivity (Wildman–Crippen MR) is 52.9 cm³/mol. The summed E-state index contributed by atoms with van der Waals surface area (Å²) in [5.41, 5.74) is 0. The largest absolute Gasteiger partial charge is 0.466 e. The van der Waals surface area contributed by atoms with E-state index in [1.165, 1.54) is 0 Å². The van der Waals surface area contributed by atoms with Crippen molar-refractivity contribution in [3.8, 4) is 0 Å². The predicted octanol–water partition coefficient (Wildman–Crippen LogP) is 0.968. The highest BCUT2D eigenvalue weighted by molar-refractivity contribution is 5.97. The first-order valence-electron chi connectivity index (χ1n) is 4.67. The molecule has 4 heteroatoms. The van der Waals surface area contributed by atoms with E-state index in [1.54, 1.807) is 6.92 Å². The van der Waals surface area contributed by atoms with Crippen LogP contribution >= 0.6 is 0 Å². The van der Waals surface area contributed by atoms with Crippen molar-refractivity contribution in [3.63, 3.8) is 0 Å². The molecule has 0 aromatic heterocycles. The molecule has 0 atom stereocenters. The number of nitrogens with zero attached hydrogens (tertiary/aromatic N) is 1. The van der Waals surface area contributed by atoms with E-state index < -0.39 is 0 Å². The van der Waals surface area contributed by atoms with E-state index in [1.807, 2.05) is 13.8 Å². The van der Waals surface area contributed by atoms with Crippen LogP contribution < -0.4 is 5.32 Å². The summed E-state index contributed by atoms with van der Waals surface area (Å²) < 4.78 is 4.81. The first-order chi connectivity index (χ1) is 6.24. The fourth-order valence-electron chi connectivity index (χ4n) is 0.918. The summed E-state index contributed by atoms with van der Waals surface area (Å²) >= 11 is 0. The molecule has 0 unspecified atom stereocenters. The Balaban J connectivity index is 3.94. The Bertz CT molecular complexity index is 178. The number of hydrogen-bond donors (Lipinski definition) is 1. The molecule has 0 aromatic rings. The van der Waals surface area contributed by atoms with Crippen LogP contribution in [0.5, 0.6) is 0 Å². The van der Waals surface area contributed by atoms with E-state index in [2.05, 4.69) is 10.3 Å². The molecule has 0 saturated carbocycles. The van der Waals surface area contributed by atoms with Gasteiger partial charge in [-0.25, -0.2) is 0 Å². The number of esters is 1. The second-order valence-corrected chi connectivity index (χ2v) is 2.43. The summed E-state index contributed by atoms with van der Waals surface area (Å²) in [5.74, 6) is 0.485. The zero-order chi connectivity index (χ0) is 10.1. The molecule has 0 bridgehead atoms. The van der Waals surface area contributed by atoms with Gasteiger partial charge in [0.1, 0.15) is 12.3 Å². The van der Waals surface area contributed by atoms with Crippen LogP contribution in [0.15, 0.2) is 4.99 Å². The lowest BCUT2D eigenvalue weighted by molar-refractivity contribution is -0.141. The number of carbonyl (C=O) groups is 1. The molecule has 0 aromatic carbocycles. The minimum absolute atomic E-state index is 0.226. The Morgan fingerprint density at radius 2 is 2.08 bits per heavy atom. The topological polar surface area (TPSA) is 50.7 Å². The Labute approximate surface area is 79.4 Å². The number of nitrogens with one attached hydrogen (secondary N) is 1. The first kappa shape index (κ1) is 11.9. The zero-order valence-corrected chi connectivity index (χ0v) is 8.59. The molecule has 0 saturated heterocycles. The Kier molecular flexibility index (Phi) is 6.96. The van der Waals surface area contributed by atoms with Gasteiger partial charge in [0.2, 0.25) is 0 Å². The second kappa shape index (κ2) is 7.58. The number of hydrogen-bond acceptors (Lipinski definition) is 3. The summed E-state index contributed by atoms with van der Waals surface area (Å²) in [5, 5.41) is 3.02. The van der Waals surface area contributed by atoms with E-state index >= 15 is 0 Å². The third kappa shape index (κ3) is 6.13. The van der Waals surface area contributed by atoms with Gasteiger partial charge in [0.15, 0.2) is 0 Å². The molecule has 0 rings (SSSR count). The normalized spacial score (nSPS) is 11.2. The third-order valence-corrected chi connectivity index (χ3v) is 1.35. The van der Waals surface area contributed by atoms with E-state index in [9.17, 15) is 4.79 Å². The molecular formula is C9H18N2O2. The minimum atomic E-state index is -0.226. The van der Waals surface area contributed by atoms with Crippen molar-refractivity contribution < 1.29 is 9.53 Å².